The SMILES string of the molecule is Cc1c(C(O)CN2CC3(C)CC2CN3)ccc2c1COC2=O. The minimum atomic E-state index is -0.524. The fourth-order valence-electron chi connectivity index (χ4n) is 4.25. The minimum absolute atomic E-state index is 0.206. The maximum Gasteiger partial charge on any atom is 0.338 e. The second-order valence-electron chi connectivity index (χ2n) is 7.13. The van der Waals surface area contributed by atoms with Crippen LogP contribution in [0.4, 0.5) is 0 Å². The molecule has 3 aliphatic rings. The number of likely N-dealkylation sites (tertiary alicyclic amines) is 1. The minimum Gasteiger partial charge on any atom is -0.457 e. The topological polar surface area (TPSA) is 61.8 Å². The van der Waals surface area contributed by atoms with Crippen LogP contribution in [0.3, 0.4) is 0 Å². The molecule has 1 aromatic rings. The van der Waals surface area contributed by atoms with E-state index in [-0.39, 0.29) is 11.5 Å². The number of piperazine rings is 1. The Kier molecular flexibility index (Phi) is 3.08. The van der Waals surface area contributed by atoms with Gasteiger partial charge in [0.05, 0.1) is 11.7 Å². The van der Waals surface area contributed by atoms with Gasteiger partial charge in [-0.2, -0.15) is 0 Å². The Morgan fingerprint density at radius 1 is 1.55 bits per heavy atom. The number of carbonyl (C=O) groups is 1. The average Bonchev–Trinajstić information content (AvgIpc) is 3.12. The molecule has 1 aromatic carbocycles. The quantitative estimate of drug-likeness (QED) is 0.820. The van der Waals surface area contributed by atoms with Gasteiger partial charge in [-0.3, -0.25) is 4.90 Å². The number of rotatable bonds is 3. The van der Waals surface area contributed by atoms with Gasteiger partial charge in [-0.25, -0.2) is 4.79 Å². The van der Waals surface area contributed by atoms with Gasteiger partial charge in [-0.1, -0.05) is 6.07 Å². The lowest BCUT2D eigenvalue weighted by Crippen LogP contribution is -2.50. The van der Waals surface area contributed by atoms with Crippen LogP contribution in [0.25, 0.3) is 0 Å². The molecule has 5 nitrogen and oxygen atoms in total. The van der Waals surface area contributed by atoms with Gasteiger partial charge in [-0.15, -0.1) is 0 Å². The summed E-state index contributed by atoms with van der Waals surface area (Å²) in [4.78, 5) is 14.0. The largest absolute Gasteiger partial charge is 0.457 e. The van der Waals surface area contributed by atoms with E-state index in [9.17, 15) is 9.90 Å². The summed E-state index contributed by atoms with van der Waals surface area (Å²) in [5.41, 5.74) is 3.68. The number of benzene rings is 1. The van der Waals surface area contributed by atoms with Crippen LogP contribution in [0.15, 0.2) is 12.1 Å². The lowest BCUT2D eigenvalue weighted by Gasteiger charge is -2.33. The molecule has 0 aromatic heterocycles. The van der Waals surface area contributed by atoms with Gasteiger partial charge in [0.15, 0.2) is 0 Å². The third-order valence-corrected chi connectivity index (χ3v) is 5.49. The predicted molar refractivity (Wildman–Crippen MR) is 81.6 cm³/mol. The van der Waals surface area contributed by atoms with E-state index in [0.29, 0.717) is 24.8 Å². The Morgan fingerprint density at radius 2 is 2.36 bits per heavy atom. The zero-order valence-electron chi connectivity index (χ0n) is 13.1. The van der Waals surface area contributed by atoms with Crippen LogP contribution >= 0.6 is 0 Å². The number of nitrogens with one attached hydrogen (secondary N) is 1. The van der Waals surface area contributed by atoms with Gasteiger partial charge in [0, 0.05) is 36.8 Å². The number of aliphatic hydroxyl groups excluding tert-OH is 1. The van der Waals surface area contributed by atoms with E-state index < -0.39 is 6.10 Å². The van der Waals surface area contributed by atoms with Gasteiger partial charge >= 0.3 is 5.97 Å². The van der Waals surface area contributed by atoms with Gasteiger partial charge < -0.3 is 15.2 Å². The molecule has 4 rings (SSSR count). The summed E-state index contributed by atoms with van der Waals surface area (Å²) in [5.74, 6) is -0.255. The van der Waals surface area contributed by atoms with E-state index in [2.05, 4.69) is 17.1 Å². The standard InChI is InChI=1S/C17H22N2O3/c1-10-12(3-4-13-14(10)8-22-16(13)21)15(20)7-19-9-17(2)5-11(19)6-18-17/h3-4,11,15,18,20H,5-9H2,1-2H3. The van der Waals surface area contributed by atoms with Crippen molar-refractivity contribution in [2.24, 2.45) is 0 Å². The van der Waals surface area contributed by atoms with Crippen LogP contribution < -0.4 is 5.32 Å². The van der Waals surface area contributed by atoms with Crippen molar-refractivity contribution in [3.05, 3.63) is 34.4 Å². The first-order valence-corrected chi connectivity index (χ1v) is 7.93. The molecular weight excluding hydrogens is 280 g/mol. The zero-order valence-corrected chi connectivity index (χ0v) is 13.1. The Hall–Kier alpha value is -1.43. The van der Waals surface area contributed by atoms with Gasteiger partial charge in [0.2, 0.25) is 0 Å². The summed E-state index contributed by atoms with van der Waals surface area (Å²) in [6, 6.07) is 4.19. The normalized spacial score (nSPS) is 31.4. The van der Waals surface area contributed by atoms with Crippen molar-refractivity contribution in [2.45, 2.75) is 44.6 Å². The number of esters is 1. The van der Waals surface area contributed by atoms with E-state index in [1.807, 2.05) is 13.0 Å². The summed E-state index contributed by atoms with van der Waals surface area (Å²) in [7, 11) is 0. The number of nitrogens with zero attached hydrogens (tertiary/aromatic N) is 1. The lowest BCUT2D eigenvalue weighted by atomic mass is 9.95. The Bertz CT molecular complexity index is 645. The summed E-state index contributed by atoms with van der Waals surface area (Å²) < 4.78 is 5.09. The molecule has 0 spiro atoms. The maximum atomic E-state index is 11.6. The molecule has 0 saturated carbocycles. The van der Waals surface area contributed by atoms with Crippen LogP contribution in [0.1, 0.15) is 46.5 Å². The Balaban J connectivity index is 1.54. The van der Waals surface area contributed by atoms with E-state index >= 15 is 0 Å². The lowest BCUT2D eigenvalue weighted by molar-refractivity contribution is 0.0535. The van der Waals surface area contributed by atoms with Crippen molar-refractivity contribution >= 4 is 5.97 Å². The average molecular weight is 302 g/mol. The first kappa shape index (κ1) is 14.2. The highest BCUT2D eigenvalue weighted by Gasteiger charge is 2.46. The van der Waals surface area contributed by atoms with Crippen molar-refractivity contribution in [2.75, 3.05) is 19.6 Å². The fourth-order valence-corrected chi connectivity index (χ4v) is 4.25. The van der Waals surface area contributed by atoms with Crippen LogP contribution in [0.5, 0.6) is 0 Å². The number of hydrogen-bond acceptors (Lipinski definition) is 5. The predicted octanol–water partition coefficient (Wildman–Crippen LogP) is 1.14. The van der Waals surface area contributed by atoms with Crippen molar-refractivity contribution in [1.82, 2.24) is 10.2 Å². The Labute approximate surface area is 130 Å². The second kappa shape index (κ2) is 4.78. The fraction of sp³-hybridized carbons (Fsp3) is 0.588. The third-order valence-electron chi connectivity index (χ3n) is 5.49. The number of fused-ring (bicyclic) bond motifs is 3. The number of hydrogen-bond donors (Lipinski definition) is 2. The van der Waals surface area contributed by atoms with E-state index in [0.717, 1.165) is 36.2 Å². The molecule has 0 amide bonds. The smallest absolute Gasteiger partial charge is 0.338 e. The van der Waals surface area contributed by atoms with Crippen molar-refractivity contribution < 1.29 is 14.6 Å². The highest BCUT2D eigenvalue weighted by molar-refractivity contribution is 5.93. The molecule has 2 bridgehead atoms. The monoisotopic (exact) mass is 302 g/mol. The summed E-state index contributed by atoms with van der Waals surface area (Å²) in [6.07, 6.45) is 0.634. The van der Waals surface area contributed by atoms with Crippen LogP contribution in [-0.2, 0) is 11.3 Å². The molecule has 22 heavy (non-hydrogen) atoms. The van der Waals surface area contributed by atoms with Crippen molar-refractivity contribution in [3.8, 4) is 0 Å². The molecule has 3 atom stereocenters. The number of aliphatic hydroxyl groups is 1. The molecule has 3 heterocycles. The van der Waals surface area contributed by atoms with E-state index in [4.69, 9.17) is 4.74 Å². The molecule has 3 unspecified atom stereocenters. The van der Waals surface area contributed by atoms with E-state index in [1.165, 1.54) is 0 Å². The third kappa shape index (κ3) is 2.07. The highest BCUT2D eigenvalue weighted by atomic mass is 16.5. The number of cyclic esters (lactones) is 1. The maximum absolute atomic E-state index is 11.6. The summed E-state index contributed by atoms with van der Waals surface area (Å²) >= 11 is 0. The zero-order chi connectivity index (χ0) is 15.5. The first-order chi connectivity index (χ1) is 10.5. The Morgan fingerprint density at radius 3 is 3.05 bits per heavy atom. The molecule has 2 saturated heterocycles. The molecule has 0 radical (unpaired) electrons. The molecular formula is C17H22N2O3. The molecule has 118 valence electrons. The van der Waals surface area contributed by atoms with Gasteiger partial charge in [0.1, 0.15) is 6.61 Å². The molecule has 0 aliphatic carbocycles. The van der Waals surface area contributed by atoms with Crippen LogP contribution in [-0.4, -0.2) is 47.2 Å². The van der Waals surface area contributed by atoms with E-state index in [1.54, 1.807) is 6.07 Å². The highest BCUT2D eigenvalue weighted by Crippen LogP contribution is 2.35. The van der Waals surface area contributed by atoms with Crippen LogP contribution in [0, 0.1) is 6.92 Å². The molecule has 2 N–H and O–H groups in total. The second-order valence-corrected chi connectivity index (χ2v) is 7.13. The molecule has 5 heteroatoms. The van der Waals surface area contributed by atoms with Gasteiger partial charge in [-0.05, 0) is 37.5 Å². The number of carbonyl (C=O) groups excluding carboxylic acids is 1. The van der Waals surface area contributed by atoms with Crippen LogP contribution in [0.2, 0.25) is 0 Å². The number of β-amino-alcohol motifs (C(OH)–C–C–N with tert-alkyl or cyclic N) is 1. The first-order valence-electron chi connectivity index (χ1n) is 7.93. The molecule has 3 aliphatic heterocycles. The molecule has 2 fully saturated rings. The van der Waals surface area contributed by atoms with Gasteiger partial charge in [0.25, 0.3) is 0 Å². The summed E-state index contributed by atoms with van der Waals surface area (Å²) in [5, 5.41) is 14.2. The van der Waals surface area contributed by atoms with Crippen molar-refractivity contribution in [3.63, 3.8) is 0 Å². The van der Waals surface area contributed by atoms with Crippen molar-refractivity contribution in [1.29, 1.82) is 0 Å². The number of ether oxygens (including phenoxy) is 1. The summed E-state index contributed by atoms with van der Waals surface area (Å²) in [6.45, 7) is 7.20.